The van der Waals surface area contributed by atoms with Gasteiger partial charge >= 0.3 is 0 Å². The zero-order valence-electron chi connectivity index (χ0n) is 32.5. The number of nitrogens with zero attached hydrogens (tertiary/aromatic N) is 2. The second kappa shape index (κ2) is 13.2. The van der Waals surface area contributed by atoms with E-state index in [0.717, 1.165) is 59.8 Å². The zero-order chi connectivity index (χ0) is 38.1. The molecule has 0 spiro atoms. The average molecular weight is 733 g/mol. The predicted molar refractivity (Wildman–Crippen MR) is 237 cm³/mol. The van der Waals surface area contributed by atoms with Crippen LogP contribution in [0.15, 0.2) is 182 Å². The maximum atomic E-state index is 2.54. The van der Waals surface area contributed by atoms with E-state index in [9.17, 15) is 0 Å². The lowest BCUT2D eigenvalue weighted by molar-refractivity contribution is 0.740. The summed E-state index contributed by atoms with van der Waals surface area (Å²) >= 11 is 0. The molecule has 0 atom stereocenters. The second-order valence-electron chi connectivity index (χ2n) is 16.2. The third-order valence-corrected chi connectivity index (χ3v) is 12.8. The Labute approximate surface area is 336 Å². The normalized spacial score (nSPS) is 14.0. The number of hydrogen-bond donors (Lipinski definition) is 0. The quantitative estimate of drug-likeness (QED) is 0.153. The van der Waals surface area contributed by atoms with Crippen molar-refractivity contribution in [3.8, 4) is 11.1 Å². The van der Waals surface area contributed by atoms with E-state index in [0.29, 0.717) is 0 Å². The minimum atomic E-state index is -0.544. The summed E-state index contributed by atoms with van der Waals surface area (Å²) in [6.45, 7) is 4.32. The van der Waals surface area contributed by atoms with Crippen LogP contribution in [-0.2, 0) is 31.1 Å². The molecule has 0 heterocycles. The number of anilines is 6. The Morgan fingerprint density at radius 1 is 0.333 bits per heavy atom. The monoisotopic (exact) mass is 732 g/mol. The fraction of sp³-hybridized carbons (Fsp3) is 0.127. The van der Waals surface area contributed by atoms with Crippen molar-refractivity contribution < 1.29 is 0 Å². The van der Waals surface area contributed by atoms with Gasteiger partial charge in [-0.1, -0.05) is 120 Å². The highest BCUT2D eigenvalue weighted by atomic mass is 15.1. The Kier molecular flexibility index (Phi) is 7.83. The molecule has 57 heavy (non-hydrogen) atoms. The first-order chi connectivity index (χ1) is 28.0. The number of rotatable bonds is 8. The molecule has 0 N–H and O–H groups in total. The van der Waals surface area contributed by atoms with E-state index in [4.69, 9.17) is 0 Å². The summed E-state index contributed by atoms with van der Waals surface area (Å²) < 4.78 is 0. The summed E-state index contributed by atoms with van der Waals surface area (Å²) in [4.78, 5) is 4.84. The summed E-state index contributed by atoms with van der Waals surface area (Å²) in [5.41, 5.74) is 22.7. The second-order valence-corrected chi connectivity index (χ2v) is 16.2. The standard InChI is InChI=1S/C55H44N2/c1-37-13-25-47(26-14-37)56(45-9-5-3-6-10-45)49-29-31-51-52-32-30-50(57(46-11-7-4-8-12-46)48-27-15-38(2)16-28-48)36-54(52)55(53(51)35-49,43-23-21-39-17-19-41(39)33-43)44-24-22-40-18-20-42(40)34-44/h3-16,21-36H,17-20H2,1-2H3. The lowest BCUT2D eigenvalue weighted by Gasteiger charge is -2.38. The van der Waals surface area contributed by atoms with E-state index in [1.54, 1.807) is 0 Å². The molecule has 2 nitrogen and oxygen atoms in total. The van der Waals surface area contributed by atoms with Crippen molar-refractivity contribution in [1.82, 2.24) is 0 Å². The molecule has 0 saturated heterocycles. The molecule has 0 unspecified atom stereocenters. The van der Waals surface area contributed by atoms with Crippen LogP contribution in [0.5, 0.6) is 0 Å². The molecule has 0 aromatic heterocycles. The molecule has 274 valence electrons. The van der Waals surface area contributed by atoms with E-state index in [1.807, 2.05) is 0 Å². The van der Waals surface area contributed by atoms with Crippen LogP contribution >= 0.6 is 0 Å². The van der Waals surface area contributed by atoms with Crippen LogP contribution in [-0.4, -0.2) is 0 Å². The minimum Gasteiger partial charge on any atom is -0.310 e. The Morgan fingerprint density at radius 2 is 0.702 bits per heavy atom. The molecule has 8 aromatic rings. The number of para-hydroxylation sites is 2. The van der Waals surface area contributed by atoms with Gasteiger partial charge in [-0.25, -0.2) is 0 Å². The molecule has 8 aromatic carbocycles. The Morgan fingerprint density at radius 3 is 1.07 bits per heavy atom. The lowest BCUT2D eigenvalue weighted by Crippen LogP contribution is -2.31. The van der Waals surface area contributed by atoms with E-state index < -0.39 is 5.41 Å². The van der Waals surface area contributed by atoms with Gasteiger partial charge in [-0.2, -0.15) is 0 Å². The minimum absolute atomic E-state index is 0.544. The third-order valence-electron chi connectivity index (χ3n) is 12.8. The van der Waals surface area contributed by atoms with Gasteiger partial charge in [0.05, 0.1) is 5.41 Å². The van der Waals surface area contributed by atoms with Crippen molar-refractivity contribution in [2.75, 3.05) is 9.80 Å². The first kappa shape index (κ1) is 33.7. The van der Waals surface area contributed by atoms with E-state index in [1.165, 1.54) is 66.8 Å². The highest BCUT2D eigenvalue weighted by Crippen LogP contribution is 2.59. The Bertz CT molecular complexity index is 2600. The van der Waals surface area contributed by atoms with Crippen molar-refractivity contribution in [2.24, 2.45) is 0 Å². The summed E-state index contributed by atoms with van der Waals surface area (Å²) in [7, 11) is 0. The van der Waals surface area contributed by atoms with E-state index >= 15 is 0 Å². The van der Waals surface area contributed by atoms with Crippen LogP contribution in [0, 0.1) is 13.8 Å². The van der Waals surface area contributed by atoms with Crippen LogP contribution in [0.1, 0.15) is 55.6 Å². The van der Waals surface area contributed by atoms with Gasteiger partial charge in [-0.15, -0.1) is 0 Å². The molecule has 0 radical (unpaired) electrons. The highest BCUT2D eigenvalue weighted by Gasteiger charge is 2.48. The molecular formula is C55H44N2. The molecule has 0 aliphatic heterocycles. The van der Waals surface area contributed by atoms with Gasteiger partial charge in [0.25, 0.3) is 0 Å². The van der Waals surface area contributed by atoms with E-state index in [-0.39, 0.29) is 0 Å². The SMILES string of the molecule is Cc1ccc(N(c2ccccc2)c2ccc3c(c2)C(c2ccc4c(c2)CC4)(c2ccc4c(c2)CC4)c2cc(N(c4ccccc4)c4ccc(C)cc4)ccc2-3)cc1. The third kappa shape index (κ3) is 5.39. The fourth-order valence-corrected chi connectivity index (χ4v) is 9.66. The van der Waals surface area contributed by atoms with Gasteiger partial charge in [0.15, 0.2) is 0 Å². The maximum absolute atomic E-state index is 2.54. The van der Waals surface area contributed by atoms with Gasteiger partial charge in [0, 0.05) is 34.1 Å². The lowest BCUT2D eigenvalue weighted by atomic mass is 9.65. The van der Waals surface area contributed by atoms with Crippen molar-refractivity contribution in [3.63, 3.8) is 0 Å². The molecule has 0 fully saturated rings. The number of aryl methyl sites for hydroxylation is 6. The van der Waals surface area contributed by atoms with Crippen molar-refractivity contribution in [2.45, 2.75) is 44.9 Å². The van der Waals surface area contributed by atoms with Gasteiger partial charge in [-0.05, 0) is 168 Å². The summed E-state index contributed by atoms with van der Waals surface area (Å²) in [5.74, 6) is 0. The van der Waals surface area contributed by atoms with Gasteiger partial charge in [0.1, 0.15) is 0 Å². The fourth-order valence-electron chi connectivity index (χ4n) is 9.66. The summed E-state index contributed by atoms with van der Waals surface area (Å²) in [6, 6.07) is 68.8. The topological polar surface area (TPSA) is 6.48 Å². The average Bonchev–Trinajstić information content (AvgIpc) is 3.51. The van der Waals surface area contributed by atoms with Crippen LogP contribution in [0.4, 0.5) is 34.1 Å². The number of fused-ring (bicyclic) bond motifs is 5. The van der Waals surface area contributed by atoms with Crippen molar-refractivity contribution in [3.05, 3.63) is 238 Å². The van der Waals surface area contributed by atoms with Crippen molar-refractivity contribution >= 4 is 34.1 Å². The maximum Gasteiger partial charge on any atom is 0.0715 e. The number of benzene rings is 8. The zero-order valence-corrected chi connectivity index (χ0v) is 32.5. The molecule has 11 rings (SSSR count). The molecule has 3 aliphatic rings. The molecule has 0 saturated carbocycles. The Balaban J connectivity index is 1.20. The van der Waals surface area contributed by atoms with Crippen molar-refractivity contribution in [1.29, 1.82) is 0 Å². The highest BCUT2D eigenvalue weighted by molar-refractivity contribution is 5.92. The number of hydrogen-bond acceptors (Lipinski definition) is 2. The largest absolute Gasteiger partial charge is 0.310 e. The molecule has 0 amide bonds. The molecule has 2 heteroatoms. The molecule has 0 bridgehead atoms. The molecule has 3 aliphatic carbocycles. The van der Waals surface area contributed by atoms with Gasteiger partial charge in [-0.3, -0.25) is 0 Å². The van der Waals surface area contributed by atoms with Crippen LogP contribution in [0.25, 0.3) is 11.1 Å². The van der Waals surface area contributed by atoms with Crippen LogP contribution in [0.3, 0.4) is 0 Å². The van der Waals surface area contributed by atoms with Crippen LogP contribution in [0.2, 0.25) is 0 Å². The first-order valence-corrected chi connectivity index (χ1v) is 20.4. The molecular weight excluding hydrogens is 689 g/mol. The summed E-state index contributed by atoms with van der Waals surface area (Å²) in [6.07, 6.45) is 4.59. The van der Waals surface area contributed by atoms with E-state index in [2.05, 4.69) is 206 Å². The van der Waals surface area contributed by atoms with Gasteiger partial charge in [0.2, 0.25) is 0 Å². The smallest absolute Gasteiger partial charge is 0.0715 e. The summed E-state index contributed by atoms with van der Waals surface area (Å²) in [5, 5.41) is 0. The Hall–Kier alpha value is -6.64. The van der Waals surface area contributed by atoms with Gasteiger partial charge < -0.3 is 9.80 Å². The predicted octanol–water partition coefficient (Wildman–Crippen LogP) is 13.8. The van der Waals surface area contributed by atoms with Crippen LogP contribution < -0.4 is 9.80 Å². The first-order valence-electron chi connectivity index (χ1n) is 20.4.